The molecule has 0 bridgehead atoms. The van der Waals surface area contributed by atoms with E-state index in [1.54, 1.807) is 29.3 Å². The Morgan fingerprint density at radius 2 is 1.96 bits per heavy atom. The summed E-state index contributed by atoms with van der Waals surface area (Å²) in [7, 11) is 0. The second-order valence-corrected chi connectivity index (χ2v) is 7.40. The molecule has 0 saturated heterocycles. The zero-order valence-corrected chi connectivity index (χ0v) is 16.0. The lowest BCUT2D eigenvalue weighted by Gasteiger charge is -2.34. The quantitative estimate of drug-likeness (QED) is 0.650. The number of amides is 1. The van der Waals surface area contributed by atoms with Gasteiger partial charge in [-0.3, -0.25) is 9.48 Å². The van der Waals surface area contributed by atoms with E-state index in [4.69, 9.17) is 11.6 Å². The molecule has 1 atom stereocenters. The number of rotatable bonds is 3. The number of fused-ring (bicyclic) bond motifs is 1. The van der Waals surface area contributed by atoms with Crippen molar-refractivity contribution in [3.05, 3.63) is 76.6 Å². The molecule has 0 saturated carbocycles. The van der Waals surface area contributed by atoms with E-state index in [1.807, 2.05) is 11.6 Å². The second-order valence-electron chi connectivity index (χ2n) is 6.99. The van der Waals surface area contributed by atoms with Crippen molar-refractivity contribution in [1.82, 2.24) is 14.7 Å². The minimum atomic E-state index is -0.503. The Hall–Kier alpha value is -2.73. The fraction of sp³-hybridized carbons (Fsp3) is 0.238. The van der Waals surface area contributed by atoms with Crippen molar-refractivity contribution in [3.8, 4) is 11.1 Å². The Balaban J connectivity index is 1.58. The standard InChI is InChI=1S/C21H18ClF2N3O/c1-13-11-27-20(17(10-25-27)15-3-5-16(23)6-4-15)12-26(13)21(28)9-14-2-7-19(24)18(22)8-14/h2-8,10,13H,9,11-12H2,1H3/t13-/m1/s1. The van der Waals surface area contributed by atoms with Crippen LogP contribution in [0.3, 0.4) is 0 Å². The summed E-state index contributed by atoms with van der Waals surface area (Å²) < 4.78 is 28.5. The zero-order valence-electron chi connectivity index (χ0n) is 15.2. The third kappa shape index (κ3) is 3.52. The Labute approximate surface area is 166 Å². The highest BCUT2D eigenvalue weighted by Crippen LogP contribution is 2.29. The van der Waals surface area contributed by atoms with E-state index < -0.39 is 5.82 Å². The highest BCUT2D eigenvalue weighted by molar-refractivity contribution is 6.30. The van der Waals surface area contributed by atoms with Gasteiger partial charge in [0.2, 0.25) is 5.91 Å². The molecular weight excluding hydrogens is 384 g/mol. The van der Waals surface area contributed by atoms with Gasteiger partial charge in [-0.2, -0.15) is 5.10 Å². The van der Waals surface area contributed by atoms with Gasteiger partial charge in [0.25, 0.3) is 0 Å². The van der Waals surface area contributed by atoms with Crippen molar-refractivity contribution < 1.29 is 13.6 Å². The van der Waals surface area contributed by atoms with Gasteiger partial charge < -0.3 is 4.90 Å². The lowest BCUT2D eigenvalue weighted by atomic mass is 10.0. The maximum atomic E-state index is 13.4. The molecule has 3 aromatic rings. The molecule has 1 aliphatic heterocycles. The van der Waals surface area contributed by atoms with Crippen LogP contribution in [-0.4, -0.2) is 26.6 Å². The van der Waals surface area contributed by atoms with E-state index in [9.17, 15) is 13.6 Å². The number of hydrogen-bond donors (Lipinski definition) is 0. The minimum absolute atomic E-state index is 0.00802. The van der Waals surface area contributed by atoms with E-state index in [2.05, 4.69) is 5.10 Å². The molecule has 1 aromatic heterocycles. The summed E-state index contributed by atoms with van der Waals surface area (Å²) >= 11 is 5.83. The van der Waals surface area contributed by atoms with Gasteiger partial charge in [-0.1, -0.05) is 29.8 Å². The molecule has 2 heterocycles. The minimum Gasteiger partial charge on any atom is -0.332 e. The Morgan fingerprint density at radius 3 is 2.68 bits per heavy atom. The van der Waals surface area contributed by atoms with Crippen LogP contribution in [0.5, 0.6) is 0 Å². The number of benzene rings is 2. The van der Waals surface area contributed by atoms with E-state index in [0.29, 0.717) is 18.7 Å². The molecule has 4 nitrogen and oxygen atoms in total. The highest BCUT2D eigenvalue weighted by Gasteiger charge is 2.29. The first-order valence-electron chi connectivity index (χ1n) is 8.96. The van der Waals surface area contributed by atoms with Crippen LogP contribution in [0.2, 0.25) is 5.02 Å². The summed E-state index contributed by atoms with van der Waals surface area (Å²) in [5.74, 6) is -0.863. The third-order valence-corrected chi connectivity index (χ3v) is 5.34. The molecule has 0 fully saturated rings. The van der Waals surface area contributed by atoms with Gasteiger partial charge in [0.1, 0.15) is 11.6 Å². The first kappa shape index (κ1) is 18.6. The third-order valence-electron chi connectivity index (χ3n) is 5.05. The maximum Gasteiger partial charge on any atom is 0.227 e. The Bertz CT molecular complexity index is 1030. The van der Waals surface area contributed by atoms with Crippen molar-refractivity contribution in [3.63, 3.8) is 0 Å². The number of nitrogens with zero attached hydrogens (tertiary/aromatic N) is 3. The largest absolute Gasteiger partial charge is 0.332 e. The molecule has 4 rings (SSSR count). The predicted octanol–water partition coefficient (Wildman–Crippen LogP) is 4.46. The van der Waals surface area contributed by atoms with E-state index in [0.717, 1.165) is 16.8 Å². The van der Waals surface area contributed by atoms with Crippen LogP contribution in [0.1, 0.15) is 18.2 Å². The highest BCUT2D eigenvalue weighted by atomic mass is 35.5. The van der Waals surface area contributed by atoms with Crippen LogP contribution < -0.4 is 0 Å². The average molecular weight is 402 g/mol. The Morgan fingerprint density at radius 1 is 1.21 bits per heavy atom. The predicted molar refractivity (Wildman–Crippen MR) is 103 cm³/mol. The van der Waals surface area contributed by atoms with Crippen LogP contribution in [0, 0.1) is 11.6 Å². The van der Waals surface area contributed by atoms with Gasteiger partial charge in [-0.05, 0) is 42.3 Å². The van der Waals surface area contributed by atoms with Gasteiger partial charge in [-0.25, -0.2) is 8.78 Å². The van der Waals surface area contributed by atoms with Crippen molar-refractivity contribution >= 4 is 17.5 Å². The summed E-state index contributed by atoms with van der Waals surface area (Å²) in [6, 6.07) is 10.5. The molecule has 28 heavy (non-hydrogen) atoms. The van der Waals surface area contributed by atoms with Crippen LogP contribution in [0.15, 0.2) is 48.7 Å². The van der Waals surface area contributed by atoms with Crippen LogP contribution >= 0.6 is 11.6 Å². The molecule has 144 valence electrons. The van der Waals surface area contributed by atoms with Gasteiger partial charge >= 0.3 is 0 Å². The number of carbonyl (C=O) groups is 1. The molecule has 0 N–H and O–H groups in total. The summed E-state index contributed by atoms with van der Waals surface area (Å²) in [5, 5.41) is 4.44. The van der Waals surface area contributed by atoms with Crippen molar-refractivity contribution in [2.24, 2.45) is 0 Å². The first-order valence-corrected chi connectivity index (χ1v) is 9.34. The lowest BCUT2D eigenvalue weighted by molar-refractivity contribution is -0.134. The Kier molecular flexibility index (Phi) is 4.89. The fourth-order valence-corrected chi connectivity index (χ4v) is 3.73. The molecule has 0 unspecified atom stereocenters. The molecular formula is C21H18ClF2N3O. The monoisotopic (exact) mass is 401 g/mol. The second kappa shape index (κ2) is 7.36. The van der Waals surface area contributed by atoms with Crippen molar-refractivity contribution in [1.29, 1.82) is 0 Å². The summed E-state index contributed by atoms with van der Waals surface area (Å²) in [4.78, 5) is 14.7. The maximum absolute atomic E-state index is 13.4. The van der Waals surface area contributed by atoms with E-state index in [1.165, 1.54) is 24.3 Å². The van der Waals surface area contributed by atoms with Crippen LogP contribution in [0.4, 0.5) is 8.78 Å². The smallest absolute Gasteiger partial charge is 0.227 e. The van der Waals surface area contributed by atoms with Gasteiger partial charge in [-0.15, -0.1) is 0 Å². The summed E-state index contributed by atoms with van der Waals surface area (Å²) in [5.41, 5.74) is 3.32. The van der Waals surface area contributed by atoms with E-state index >= 15 is 0 Å². The number of hydrogen-bond acceptors (Lipinski definition) is 2. The molecule has 0 aliphatic carbocycles. The van der Waals surface area contributed by atoms with E-state index in [-0.39, 0.29) is 29.2 Å². The summed E-state index contributed by atoms with van der Waals surface area (Å²) in [6.45, 7) is 2.95. The average Bonchev–Trinajstić information content (AvgIpc) is 3.07. The fourth-order valence-electron chi connectivity index (χ4n) is 3.53. The molecule has 7 heteroatoms. The number of halogens is 3. The van der Waals surface area contributed by atoms with Crippen LogP contribution in [0.25, 0.3) is 11.1 Å². The topological polar surface area (TPSA) is 38.1 Å². The van der Waals surface area contributed by atoms with Gasteiger partial charge in [0, 0.05) is 11.6 Å². The number of aromatic nitrogens is 2. The normalized spacial score (nSPS) is 16.1. The SMILES string of the molecule is C[C@@H]1Cn2ncc(-c3ccc(F)cc3)c2CN1C(=O)Cc1ccc(F)c(Cl)c1. The van der Waals surface area contributed by atoms with Gasteiger partial charge in [0.15, 0.2) is 0 Å². The van der Waals surface area contributed by atoms with Crippen molar-refractivity contribution in [2.45, 2.75) is 32.5 Å². The van der Waals surface area contributed by atoms with Crippen LogP contribution in [-0.2, 0) is 24.3 Å². The first-order chi connectivity index (χ1) is 13.4. The van der Waals surface area contributed by atoms with Gasteiger partial charge in [0.05, 0.1) is 36.4 Å². The van der Waals surface area contributed by atoms with Crippen molar-refractivity contribution in [2.75, 3.05) is 0 Å². The molecule has 1 aliphatic rings. The zero-order chi connectivity index (χ0) is 19.8. The molecule has 2 aromatic carbocycles. The molecule has 0 spiro atoms. The molecule has 1 amide bonds. The molecule has 0 radical (unpaired) electrons. The lowest BCUT2D eigenvalue weighted by Crippen LogP contribution is -2.45. The number of carbonyl (C=O) groups excluding carboxylic acids is 1. The summed E-state index contributed by atoms with van der Waals surface area (Å²) in [6.07, 6.45) is 1.90.